The van der Waals surface area contributed by atoms with Crippen LogP contribution in [0.15, 0.2) is 42.7 Å². The maximum Gasteiger partial charge on any atom is 0.148 e. The van der Waals surface area contributed by atoms with Crippen molar-refractivity contribution in [3.05, 3.63) is 60.1 Å². The third-order valence-corrected chi connectivity index (χ3v) is 3.21. The molecule has 0 aliphatic heterocycles. The number of benzene rings is 1. The summed E-state index contributed by atoms with van der Waals surface area (Å²) in [6, 6.07) is 8.40. The van der Waals surface area contributed by atoms with Crippen LogP contribution in [0.1, 0.15) is 18.4 Å². The number of nitrogens with one attached hydrogen (secondary N) is 1. The van der Waals surface area contributed by atoms with Gasteiger partial charge in [0.2, 0.25) is 0 Å². The average molecular weight is 297 g/mol. The number of para-hydroxylation sites is 1. The van der Waals surface area contributed by atoms with E-state index < -0.39 is 0 Å². The smallest absolute Gasteiger partial charge is 0.148 e. The second-order valence-corrected chi connectivity index (χ2v) is 4.90. The molecule has 5 nitrogen and oxygen atoms in total. The summed E-state index contributed by atoms with van der Waals surface area (Å²) in [4.78, 5) is 8.68. The normalized spacial score (nSPS) is 10.7. The zero-order valence-electron chi connectivity index (χ0n) is 12.4. The summed E-state index contributed by atoms with van der Waals surface area (Å²) in [5.74, 6) is 1.10. The Balaban J connectivity index is 1.86. The minimum absolute atomic E-state index is 0.316. The first-order chi connectivity index (χ1) is 10.7. The highest BCUT2D eigenvalue weighted by Gasteiger charge is 2.07. The van der Waals surface area contributed by atoms with E-state index >= 15 is 0 Å². The molecule has 0 radical (unpaired) electrons. The maximum atomic E-state index is 13.8. The molecule has 1 N–H and O–H groups in total. The lowest BCUT2D eigenvalue weighted by Crippen LogP contribution is -2.00. The summed E-state index contributed by atoms with van der Waals surface area (Å²) < 4.78 is 15.3. The minimum atomic E-state index is -0.316. The lowest BCUT2D eigenvalue weighted by atomic mass is 10.3. The van der Waals surface area contributed by atoms with Gasteiger partial charge in [-0.2, -0.15) is 5.10 Å². The summed E-state index contributed by atoms with van der Waals surface area (Å²) in [5, 5.41) is 7.35. The molecule has 0 bridgehead atoms. The second kappa shape index (κ2) is 5.93. The number of nitrogens with zero attached hydrogens (tertiary/aromatic N) is 4. The molecular formula is C16H16FN5. The van der Waals surface area contributed by atoms with Crippen LogP contribution >= 0.6 is 0 Å². The van der Waals surface area contributed by atoms with Gasteiger partial charge in [0.05, 0.1) is 18.1 Å². The van der Waals surface area contributed by atoms with Crippen LogP contribution < -0.4 is 5.32 Å². The molecule has 3 aromatic rings. The van der Waals surface area contributed by atoms with E-state index in [0.717, 1.165) is 17.8 Å². The summed E-state index contributed by atoms with van der Waals surface area (Å²) in [7, 11) is 0. The number of halogens is 1. The average Bonchev–Trinajstić information content (AvgIpc) is 2.95. The predicted molar refractivity (Wildman–Crippen MR) is 83.0 cm³/mol. The van der Waals surface area contributed by atoms with E-state index in [-0.39, 0.29) is 5.82 Å². The van der Waals surface area contributed by atoms with Crippen molar-refractivity contribution in [3.8, 4) is 5.69 Å². The van der Waals surface area contributed by atoms with E-state index in [0.29, 0.717) is 17.3 Å². The number of aryl methyl sites for hydroxylation is 2. The van der Waals surface area contributed by atoms with Crippen LogP contribution in [-0.2, 0) is 6.42 Å². The molecule has 2 heterocycles. The molecule has 0 amide bonds. The number of anilines is 2. The van der Waals surface area contributed by atoms with E-state index in [4.69, 9.17) is 0 Å². The van der Waals surface area contributed by atoms with Crippen molar-refractivity contribution < 1.29 is 4.39 Å². The molecule has 0 aliphatic rings. The van der Waals surface area contributed by atoms with Gasteiger partial charge in [0, 0.05) is 11.8 Å². The van der Waals surface area contributed by atoms with Gasteiger partial charge in [-0.15, -0.1) is 0 Å². The fourth-order valence-corrected chi connectivity index (χ4v) is 2.18. The molecule has 0 fully saturated rings. The third-order valence-electron chi connectivity index (χ3n) is 3.21. The van der Waals surface area contributed by atoms with E-state index in [1.165, 1.54) is 10.7 Å². The van der Waals surface area contributed by atoms with E-state index in [1.807, 2.05) is 19.9 Å². The number of rotatable bonds is 4. The molecule has 0 unspecified atom stereocenters. The largest absolute Gasteiger partial charge is 0.338 e. The Morgan fingerprint density at radius 1 is 1.23 bits per heavy atom. The molecule has 3 rings (SSSR count). The molecule has 22 heavy (non-hydrogen) atoms. The zero-order valence-corrected chi connectivity index (χ0v) is 12.4. The molecule has 0 aliphatic carbocycles. The van der Waals surface area contributed by atoms with Crippen molar-refractivity contribution in [2.24, 2.45) is 0 Å². The summed E-state index contributed by atoms with van der Waals surface area (Å²) >= 11 is 0. The minimum Gasteiger partial charge on any atom is -0.338 e. The quantitative estimate of drug-likeness (QED) is 0.801. The summed E-state index contributed by atoms with van der Waals surface area (Å²) in [6.45, 7) is 3.90. The molecule has 0 saturated heterocycles. The summed E-state index contributed by atoms with van der Waals surface area (Å²) in [5.41, 5.74) is 2.11. The van der Waals surface area contributed by atoms with Crippen LogP contribution in [0.4, 0.5) is 15.9 Å². The molecule has 2 aromatic heterocycles. The van der Waals surface area contributed by atoms with Crippen molar-refractivity contribution in [1.29, 1.82) is 0 Å². The standard InChI is InChI=1S/C16H16FN5/c1-3-12-8-16(20-11(2)19-12)21-13-9-18-22(10-13)15-7-5-4-6-14(15)17/h4-10H,3H2,1-2H3,(H,19,20,21). The molecule has 0 spiro atoms. The maximum absolute atomic E-state index is 13.8. The highest BCUT2D eigenvalue weighted by molar-refractivity contribution is 5.55. The van der Waals surface area contributed by atoms with Crippen LogP contribution in [0.25, 0.3) is 5.69 Å². The molecular weight excluding hydrogens is 281 g/mol. The fourth-order valence-electron chi connectivity index (χ4n) is 2.18. The number of hydrogen-bond acceptors (Lipinski definition) is 4. The second-order valence-electron chi connectivity index (χ2n) is 4.90. The SMILES string of the molecule is CCc1cc(Nc2cnn(-c3ccccc3F)c2)nc(C)n1. The molecule has 6 heteroatoms. The number of aromatic nitrogens is 4. The Bertz CT molecular complexity index is 797. The Hall–Kier alpha value is -2.76. The van der Waals surface area contributed by atoms with Crippen molar-refractivity contribution in [2.75, 3.05) is 5.32 Å². The predicted octanol–water partition coefficient (Wildman–Crippen LogP) is 3.42. The summed E-state index contributed by atoms with van der Waals surface area (Å²) in [6.07, 6.45) is 4.20. The van der Waals surface area contributed by atoms with Gasteiger partial charge in [-0.1, -0.05) is 19.1 Å². The van der Waals surface area contributed by atoms with Crippen LogP contribution in [-0.4, -0.2) is 19.7 Å². The zero-order chi connectivity index (χ0) is 15.5. The highest BCUT2D eigenvalue weighted by atomic mass is 19.1. The van der Waals surface area contributed by atoms with Gasteiger partial charge in [0.25, 0.3) is 0 Å². The lowest BCUT2D eigenvalue weighted by Gasteiger charge is -2.06. The van der Waals surface area contributed by atoms with E-state index in [2.05, 4.69) is 20.4 Å². The Labute approximate surface area is 127 Å². The van der Waals surface area contributed by atoms with Crippen LogP contribution in [0.3, 0.4) is 0 Å². The first-order valence-corrected chi connectivity index (χ1v) is 7.07. The van der Waals surface area contributed by atoms with Gasteiger partial charge >= 0.3 is 0 Å². The van der Waals surface area contributed by atoms with Gasteiger partial charge < -0.3 is 5.32 Å². The first kappa shape index (κ1) is 14.2. The van der Waals surface area contributed by atoms with Crippen LogP contribution in [0.5, 0.6) is 0 Å². The van der Waals surface area contributed by atoms with E-state index in [9.17, 15) is 4.39 Å². The van der Waals surface area contributed by atoms with Crippen LogP contribution in [0, 0.1) is 12.7 Å². The molecule has 1 aromatic carbocycles. The topological polar surface area (TPSA) is 55.6 Å². The first-order valence-electron chi connectivity index (χ1n) is 7.07. The molecule has 0 saturated carbocycles. The third kappa shape index (κ3) is 2.95. The van der Waals surface area contributed by atoms with Crippen molar-refractivity contribution in [3.63, 3.8) is 0 Å². The fraction of sp³-hybridized carbons (Fsp3) is 0.188. The van der Waals surface area contributed by atoms with Gasteiger partial charge in [-0.05, 0) is 25.5 Å². The van der Waals surface area contributed by atoms with Gasteiger partial charge in [0.15, 0.2) is 0 Å². The van der Waals surface area contributed by atoms with Gasteiger partial charge in [0.1, 0.15) is 23.1 Å². The van der Waals surface area contributed by atoms with Gasteiger partial charge in [-0.3, -0.25) is 0 Å². The van der Waals surface area contributed by atoms with Gasteiger partial charge in [-0.25, -0.2) is 19.0 Å². The Morgan fingerprint density at radius 3 is 2.82 bits per heavy atom. The van der Waals surface area contributed by atoms with Crippen molar-refractivity contribution in [2.45, 2.75) is 20.3 Å². The lowest BCUT2D eigenvalue weighted by molar-refractivity contribution is 0.611. The van der Waals surface area contributed by atoms with Crippen molar-refractivity contribution >= 4 is 11.5 Å². The molecule has 112 valence electrons. The Kier molecular flexibility index (Phi) is 3.82. The number of hydrogen-bond donors (Lipinski definition) is 1. The van der Waals surface area contributed by atoms with Crippen LogP contribution in [0.2, 0.25) is 0 Å². The monoisotopic (exact) mass is 297 g/mol. The molecule has 0 atom stereocenters. The Morgan fingerprint density at radius 2 is 2.05 bits per heavy atom. The highest BCUT2D eigenvalue weighted by Crippen LogP contribution is 2.18. The van der Waals surface area contributed by atoms with E-state index in [1.54, 1.807) is 30.6 Å². The van der Waals surface area contributed by atoms with Crippen molar-refractivity contribution in [1.82, 2.24) is 19.7 Å².